The van der Waals surface area contributed by atoms with Crippen molar-refractivity contribution in [2.75, 3.05) is 6.54 Å². The van der Waals surface area contributed by atoms with Crippen molar-refractivity contribution in [1.29, 1.82) is 0 Å². The van der Waals surface area contributed by atoms with Gasteiger partial charge < -0.3 is 10.6 Å². The van der Waals surface area contributed by atoms with Crippen LogP contribution in [0.4, 0.5) is 0 Å². The molecule has 1 atom stereocenters. The Balaban J connectivity index is 0.00000147. The van der Waals surface area contributed by atoms with Crippen LogP contribution in [-0.2, 0) is 11.3 Å². The van der Waals surface area contributed by atoms with Crippen LogP contribution in [0.25, 0.3) is 10.9 Å². The lowest BCUT2D eigenvalue weighted by Crippen LogP contribution is -2.33. The van der Waals surface area contributed by atoms with Crippen molar-refractivity contribution in [3.05, 3.63) is 41.0 Å². The Kier molecular flexibility index (Phi) is 4.48. The number of halogens is 2. The van der Waals surface area contributed by atoms with Crippen LogP contribution in [0.15, 0.2) is 30.3 Å². The van der Waals surface area contributed by atoms with E-state index in [1.165, 1.54) is 0 Å². The standard InChI is InChI=1S/C14H14ClN3O.ClH/c15-13-5-4-10-9(2-1-3-12(10)17-13)8-18-7-6-11(16)14(18)19;/h1-5,11H,6-8,16H2;1H/t11-;/m0./s1. The number of likely N-dealkylation sites (tertiary alicyclic amines) is 1. The number of pyridine rings is 1. The first-order valence-corrected chi connectivity index (χ1v) is 6.61. The first-order chi connectivity index (χ1) is 9.15. The molecule has 2 N–H and O–H groups in total. The molecule has 0 bridgehead atoms. The molecule has 0 aliphatic carbocycles. The fourth-order valence-corrected chi connectivity index (χ4v) is 2.61. The highest BCUT2D eigenvalue weighted by Crippen LogP contribution is 2.22. The highest BCUT2D eigenvalue weighted by atomic mass is 35.5. The Morgan fingerprint density at radius 2 is 2.15 bits per heavy atom. The zero-order valence-electron chi connectivity index (χ0n) is 10.8. The highest BCUT2D eigenvalue weighted by molar-refractivity contribution is 6.29. The number of rotatable bonds is 2. The lowest BCUT2D eigenvalue weighted by Gasteiger charge is -2.17. The van der Waals surface area contributed by atoms with Gasteiger partial charge in [-0.25, -0.2) is 4.98 Å². The van der Waals surface area contributed by atoms with E-state index in [1.54, 1.807) is 11.0 Å². The Morgan fingerprint density at radius 3 is 2.85 bits per heavy atom. The lowest BCUT2D eigenvalue weighted by atomic mass is 10.1. The number of benzene rings is 1. The van der Waals surface area contributed by atoms with Gasteiger partial charge in [-0.3, -0.25) is 4.79 Å². The number of nitrogens with two attached hydrogens (primary N) is 1. The normalized spacial score (nSPS) is 18.4. The van der Waals surface area contributed by atoms with Crippen molar-refractivity contribution in [2.24, 2.45) is 5.73 Å². The van der Waals surface area contributed by atoms with Crippen molar-refractivity contribution in [3.63, 3.8) is 0 Å². The van der Waals surface area contributed by atoms with E-state index < -0.39 is 0 Å². The minimum Gasteiger partial charge on any atom is -0.337 e. The fourth-order valence-electron chi connectivity index (χ4n) is 2.46. The van der Waals surface area contributed by atoms with Gasteiger partial charge in [0.25, 0.3) is 0 Å². The Bertz CT molecular complexity index is 647. The SMILES string of the molecule is Cl.N[C@H]1CCN(Cc2cccc3nc(Cl)ccc23)C1=O. The third-order valence-corrected chi connectivity index (χ3v) is 3.70. The third kappa shape index (κ3) is 2.73. The molecular weight excluding hydrogens is 297 g/mol. The highest BCUT2D eigenvalue weighted by Gasteiger charge is 2.28. The molecule has 1 aromatic heterocycles. The molecule has 4 nitrogen and oxygen atoms in total. The summed E-state index contributed by atoms with van der Waals surface area (Å²) < 4.78 is 0. The number of carbonyl (C=O) groups is 1. The van der Waals surface area contributed by atoms with Crippen LogP contribution in [0.2, 0.25) is 5.15 Å². The van der Waals surface area contributed by atoms with E-state index >= 15 is 0 Å². The molecule has 0 unspecified atom stereocenters. The van der Waals surface area contributed by atoms with E-state index in [2.05, 4.69) is 4.98 Å². The minimum atomic E-state index is -0.345. The van der Waals surface area contributed by atoms with E-state index in [9.17, 15) is 4.79 Å². The number of hydrogen-bond donors (Lipinski definition) is 1. The Morgan fingerprint density at radius 1 is 1.35 bits per heavy atom. The van der Waals surface area contributed by atoms with Gasteiger partial charge in [0, 0.05) is 18.5 Å². The minimum absolute atomic E-state index is 0. The first kappa shape index (κ1) is 15.0. The summed E-state index contributed by atoms with van der Waals surface area (Å²) >= 11 is 5.89. The maximum absolute atomic E-state index is 11.9. The van der Waals surface area contributed by atoms with Gasteiger partial charge in [0.15, 0.2) is 0 Å². The van der Waals surface area contributed by atoms with Crippen LogP contribution < -0.4 is 5.73 Å². The van der Waals surface area contributed by atoms with Crippen LogP contribution in [0.5, 0.6) is 0 Å². The predicted octanol–water partition coefficient (Wildman–Crippen LogP) is 2.37. The summed E-state index contributed by atoms with van der Waals surface area (Å²) in [7, 11) is 0. The molecule has 1 saturated heterocycles. The van der Waals surface area contributed by atoms with E-state index in [1.807, 2.05) is 24.3 Å². The number of nitrogens with zero attached hydrogens (tertiary/aromatic N) is 2. The molecule has 2 heterocycles. The number of fused-ring (bicyclic) bond motifs is 1. The second kappa shape index (κ2) is 5.95. The summed E-state index contributed by atoms with van der Waals surface area (Å²) in [4.78, 5) is 17.9. The van der Waals surface area contributed by atoms with Crippen LogP contribution in [0, 0.1) is 0 Å². The van der Waals surface area contributed by atoms with Gasteiger partial charge in [0.05, 0.1) is 11.6 Å². The van der Waals surface area contributed by atoms with Crippen LogP contribution in [0.3, 0.4) is 0 Å². The summed E-state index contributed by atoms with van der Waals surface area (Å²) in [6.45, 7) is 1.30. The maximum Gasteiger partial charge on any atom is 0.239 e. The lowest BCUT2D eigenvalue weighted by molar-refractivity contribution is -0.129. The zero-order valence-corrected chi connectivity index (χ0v) is 12.3. The van der Waals surface area contributed by atoms with Gasteiger partial charge in [-0.1, -0.05) is 23.7 Å². The molecule has 0 spiro atoms. The van der Waals surface area contributed by atoms with Gasteiger partial charge in [-0.15, -0.1) is 12.4 Å². The molecule has 1 aliphatic rings. The Hall–Kier alpha value is -1.36. The van der Waals surface area contributed by atoms with Crippen molar-refractivity contribution in [3.8, 4) is 0 Å². The number of carbonyl (C=O) groups excluding carboxylic acids is 1. The van der Waals surface area contributed by atoms with E-state index in [0.717, 1.165) is 29.4 Å². The van der Waals surface area contributed by atoms with Crippen molar-refractivity contribution >= 4 is 40.8 Å². The summed E-state index contributed by atoms with van der Waals surface area (Å²) in [5, 5.41) is 1.50. The average molecular weight is 312 g/mol. The number of amides is 1. The average Bonchev–Trinajstić information content (AvgIpc) is 2.71. The maximum atomic E-state index is 11.9. The summed E-state index contributed by atoms with van der Waals surface area (Å²) in [6.07, 6.45) is 0.730. The smallest absolute Gasteiger partial charge is 0.239 e. The van der Waals surface area contributed by atoms with Crippen molar-refractivity contribution in [1.82, 2.24) is 9.88 Å². The third-order valence-electron chi connectivity index (χ3n) is 3.49. The fraction of sp³-hybridized carbons (Fsp3) is 0.286. The molecule has 3 rings (SSSR count). The first-order valence-electron chi connectivity index (χ1n) is 6.23. The van der Waals surface area contributed by atoms with Crippen LogP contribution in [-0.4, -0.2) is 28.4 Å². The quantitative estimate of drug-likeness (QED) is 0.866. The van der Waals surface area contributed by atoms with E-state index in [-0.39, 0.29) is 24.4 Å². The number of hydrogen-bond acceptors (Lipinski definition) is 3. The van der Waals surface area contributed by atoms with Gasteiger partial charge >= 0.3 is 0 Å². The molecule has 1 amide bonds. The van der Waals surface area contributed by atoms with E-state index in [0.29, 0.717) is 11.7 Å². The van der Waals surface area contributed by atoms with E-state index in [4.69, 9.17) is 17.3 Å². The topological polar surface area (TPSA) is 59.2 Å². The molecule has 0 radical (unpaired) electrons. The second-order valence-electron chi connectivity index (χ2n) is 4.77. The molecule has 20 heavy (non-hydrogen) atoms. The van der Waals surface area contributed by atoms with Gasteiger partial charge in [0.1, 0.15) is 5.15 Å². The molecule has 1 aromatic carbocycles. The van der Waals surface area contributed by atoms with Gasteiger partial charge in [0.2, 0.25) is 5.91 Å². The monoisotopic (exact) mass is 311 g/mol. The van der Waals surface area contributed by atoms with Gasteiger partial charge in [-0.2, -0.15) is 0 Å². The predicted molar refractivity (Wildman–Crippen MR) is 82.0 cm³/mol. The molecule has 1 fully saturated rings. The summed E-state index contributed by atoms with van der Waals surface area (Å²) in [6, 6.07) is 9.23. The largest absolute Gasteiger partial charge is 0.337 e. The number of aromatic nitrogens is 1. The molecule has 1 aliphatic heterocycles. The van der Waals surface area contributed by atoms with Crippen molar-refractivity contribution in [2.45, 2.75) is 19.0 Å². The molecule has 106 valence electrons. The Labute approximate surface area is 128 Å². The second-order valence-corrected chi connectivity index (χ2v) is 5.16. The van der Waals surface area contributed by atoms with Crippen molar-refractivity contribution < 1.29 is 4.79 Å². The van der Waals surface area contributed by atoms with Gasteiger partial charge in [-0.05, 0) is 30.2 Å². The molecule has 0 saturated carbocycles. The molecule has 6 heteroatoms. The molecule has 2 aromatic rings. The van der Waals surface area contributed by atoms with Crippen LogP contribution >= 0.6 is 24.0 Å². The summed E-state index contributed by atoms with van der Waals surface area (Å²) in [5.74, 6) is 0.0268. The molecular formula is C14H15Cl2N3O. The summed E-state index contributed by atoms with van der Waals surface area (Å²) in [5.41, 5.74) is 7.66. The zero-order chi connectivity index (χ0) is 13.4. The van der Waals surface area contributed by atoms with Crippen LogP contribution in [0.1, 0.15) is 12.0 Å².